The van der Waals surface area contributed by atoms with Crippen molar-refractivity contribution in [2.24, 2.45) is 0 Å². The van der Waals surface area contributed by atoms with Crippen LogP contribution in [0.15, 0.2) is 42.5 Å². The molecular weight excluding hydrogens is 371 g/mol. The van der Waals surface area contributed by atoms with Gasteiger partial charge in [0.2, 0.25) is 0 Å². The number of nitro benzene ring substituents is 1. The van der Waals surface area contributed by atoms with Crippen molar-refractivity contribution < 1.29 is 19.2 Å². The number of nitro groups is 1. The standard InChI is InChI=1S/C16H12Cl2N2O5/c17-11-3-1-10(2-4-11)7-16(22)25-9-15(21)19-13-6-5-12(18)8-14(13)20(23)24/h1-6,8H,7,9H2,(H,19,21). The van der Waals surface area contributed by atoms with Crippen LogP contribution in [0.2, 0.25) is 10.0 Å². The van der Waals surface area contributed by atoms with E-state index in [4.69, 9.17) is 27.9 Å². The fraction of sp³-hybridized carbons (Fsp3) is 0.125. The molecule has 1 amide bonds. The number of anilines is 1. The zero-order chi connectivity index (χ0) is 18.4. The Kier molecular flexibility index (Phi) is 6.32. The highest BCUT2D eigenvalue weighted by Crippen LogP contribution is 2.27. The van der Waals surface area contributed by atoms with Crippen LogP contribution in [0.4, 0.5) is 11.4 Å². The Morgan fingerprint density at radius 1 is 1.08 bits per heavy atom. The van der Waals surface area contributed by atoms with Crippen LogP contribution < -0.4 is 5.32 Å². The SMILES string of the molecule is O=C(COC(=O)Cc1ccc(Cl)cc1)Nc1ccc(Cl)cc1[N+](=O)[O-]. The lowest BCUT2D eigenvalue weighted by Crippen LogP contribution is -2.22. The zero-order valence-corrected chi connectivity index (χ0v) is 14.2. The molecular formula is C16H12Cl2N2O5. The lowest BCUT2D eigenvalue weighted by molar-refractivity contribution is -0.383. The van der Waals surface area contributed by atoms with Gasteiger partial charge in [0.05, 0.1) is 11.3 Å². The Morgan fingerprint density at radius 2 is 1.72 bits per heavy atom. The number of amides is 1. The van der Waals surface area contributed by atoms with E-state index in [0.717, 1.165) is 6.07 Å². The second-order valence-electron chi connectivity index (χ2n) is 4.93. The number of nitrogens with one attached hydrogen (secondary N) is 1. The number of nitrogens with zero attached hydrogens (tertiary/aromatic N) is 1. The molecule has 0 heterocycles. The van der Waals surface area contributed by atoms with Crippen LogP contribution in [0.3, 0.4) is 0 Å². The van der Waals surface area contributed by atoms with Crippen LogP contribution in [0, 0.1) is 10.1 Å². The summed E-state index contributed by atoms with van der Waals surface area (Å²) >= 11 is 11.4. The van der Waals surface area contributed by atoms with E-state index in [-0.39, 0.29) is 22.8 Å². The number of rotatable bonds is 6. The van der Waals surface area contributed by atoms with Crippen LogP contribution in [0.25, 0.3) is 0 Å². The van der Waals surface area contributed by atoms with Gasteiger partial charge in [-0.25, -0.2) is 0 Å². The van der Waals surface area contributed by atoms with E-state index in [2.05, 4.69) is 5.32 Å². The average Bonchev–Trinajstić information content (AvgIpc) is 2.56. The van der Waals surface area contributed by atoms with Gasteiger partial charge in [-0.1, -0.05) is 35.3 Å². The van der Waals surface area contributed by atoms with Crippen molar-refractivity contribution in [2.45, 2.75) is 6.42 Å². The van der Waals surface area contributed by atoms with Crippen LogP contribution in [-0.2, 0) is 20.7 Å². The maximum atomic E-state index is 11.8. The molecule has 2 aromatic rings. The van der Waals surface area contributed by atoms with Gasteiger partial charge in [0.25, 0.3) is 11.6 Å². The molecule has 0 atom stereocenters. The molecule has 0 aliphatic heterocycles. The van der Waals surface area contributed by atoms with E-state index < -0.39 is 23.4 Å². The molecule has 0 unspecified atom stereocenters. The van der Waals surface area contributed by atoms with Crippen molar-refractivity contribution in [2.75, 3.05) is 11.9 Å². The maximum absolute atomic E-state index is 11.8. The van der Waals surface area contributed by atoms with Gasteiger partial charge in [0.15, 0.2) is 6.61 Å². The summed E-state index contributed by atoms with van der Waals surface area (Å²) in [6.07, 6.45) is -0.0223. The first-order valence-corrected chi connectivity index (χ1v) is 7.74. The molecule has 130 valence electrons. The molecule has 9 heteroatoms. The number of ether oxygens (including phenoxy) is 1. The van der Waals surface area contributed by atoms with Crippen molar-refractivity contribution in [3.63, 3.8) is 0 Å². The van der Waals surface area contributed by atoms with E-state index in [1.807, 2.05) is 0 Å². The zero-order valence-electron chi connectivity index (χ0n) is 12.7. The number of esters is 1. The predicted octanol–water partition coefficient (Wildman–Crippen LogP) is 3.63. The third-order valence-electron chi connectivity index (χ3n) is 3.06. The second-order valence-corrected chi connectivity index (χ2v) is 5.80. The first kappa shape index (κ1) is 18.7. The highest BCUT2D eigenvalue weighted by atomic mass is 35.5. The molecule has 0 bridgehead atoms. The molecule has 25 heavy (non-hydrogen) atoms. The number of benzene rings is 2. The fourth-order valence-electron chi connectivity index (χ4n) is 1.91. The molecule has 0 spiro atoms. The first-order valence-electron chi connectivity index (χ1n) is 6.99. The van der Waals surface area contributed by atoms with Gasteiger partial charge in [0, 0.05) is 16.1 Å². The van der Waals surface area contributed by atoms with Gasteiger partial charge in [-0.2, -0.15) is 0 Å². The number of carbonyl (C=O) groups excluding carboxylic acids is 2. The number of halogens is 2. The Bertz CT molecular complexity index is 809. The Hall–Kier alpha value is -2.64. The summed E-state index contributed by atoms with van der Waals surface area (Å²) in [4.78, 5) is 33.8. The Balaban J connectivity index is 1.89. The number of hydrogen-bond acceptors (Lipinski definition) is 5. The van der Waals surface area contributed by atoms with E-state index in [1.165, 1.54) is 12.1 Å². The minimum absolute atomic E-state index is 0.0223. The highest BCUT2D eigenvalue weighted by molar-refractivity contribution is 6.31. The summed E-state index contributed by atoms with van der Waals surface area (Å²) < 4.78 is 4.85. The molecule has 0 saturated carbocycles. The molecule has 1 N–H and O–H groups in total. The molecule has 0 aliphatic carbocycles. The summed E-state index contributed by atoms with van der Waals surface area (Å²) in [7, 11) is 0. The first-order chi connectivity index (χ1) is 11.8. The van der Waals surface area contributed by atoms with E-state index in [0.29, 0.717) is 10.6 Å². The fourth-order valence-corrected chi connectivity index (χ4v) is 2.21. The summed E-state index contributed by atoms with van der Waals surface area (Å²) in [6.45, 7) is -0.563. The minimum atomic E-state index is -0.699. The van der Waals surface area contributed by atoms with Crippen LogP contribution in [0.1, 0.15) is 5.56 Å². The van der Waals surface area contributed by atoms with E-state index in [9.17, 15) is 19.7 Å². The lowest BCUT2D eigenvalue weighted by Gasteiger charge is -2.07. The topological polar surface area (TPSA) is 98.5 Å². The number of hydrogen-bond donors (Lipinski definition) is 1. The Morgan fingerprint density at radius 3 is 2.36 bits per heavy atom. The highest BCUT2D eigenvalue weighted by Gasteiger charge is 2.17. The molecule has 0 saturated heterocycles. The van der Waals surface area contributed by atoms with Crippen molar-refractivity contribution in [1.29, 1.82) is 0 Å². The average molecular weight is 383 g/mol. The minimum Gasteiger partial charge on any atom is -0.455 e. The van der Waals surface area contributed by atoms with Crippen LogP contribution in [0.5, 0.6) is 0 Å². The normalized spacial score (nSPS) is 10.2. The predicted molar refractivity (Wildman–Crippen MR) is 92.9 cm³/mol. The third kappa shape index (κ3) is 5.74. The van der Waals surface area contributed by atoms with Gasteiger partial charge in [-0.15, -0.1) is 0 Å². The largest absolute Gasteiger partial charge is 0.455 e. The van der Waals surface area contributed by atoms with Crippen molar-refractivity contribution in [3.05, 3.63) is 68.2 Å². The third-order valence-corrected chi connectivity index (χ3v) is 3.54. The van der Waals surface area contributed by atoms with Gasteiger partial charge in [-0.3, -0.25) is 19.7 Å². The summed E-state index contributed by atoms with van der Waals surface area (Å²) in [5.41, 5.74) is 0.296. The smallest absolute Gasteiger partial charge is 0.310 e. The quantitative estimate of drug-likeness (QED) is 0.467. The van der Waals surface area contributed by atoms with Gasteiger partial charge < -0.3 is 10.1 Å². The van der Waals surface area contributed by atoms with Crippen molar-refractivity contribution in [1.82, 2.24) is 0 Å². The lowest BCUT2D eigenvalue weighted by atomic mass is 10.1. The van der Waals surface area contributed by atoms with Crippen LogP contribution in [-0.4, -0.2) is 23.4 Å². The summed E-state index contributed by atoms with van der Waals surface area (Å²) in [5.74, 6) is -1.31. The van der Waals surface area contributed by atoms with Crippen molar-refractivity contribution in [3.8, 4) is 0 Å². The van der Waals surface area contributed by atoms with Gasteiger partial charge in [0.1, 0.15) is 5.69 Å². The van der Waals surface area contributed by atoms with Crippen molar-refractivity contribution >= 4 is 46.5 Å². The van der Waals surface area contributed by atoms with E-state index >= 15 is 0 Å². The molecule has 2 rings (SSSR count). The molecule has 7 nitrogen and oxygen atoms in total. The summed E-state index contributed by atoms with van der Waals surface area (Å²) in [5, 5.41) is 14.0. The maximum Gasteiger partial charge on any atom is 0.310 e. The second kappa shape index (κ2) is 8.46. The summed E-state index contributed by atoms with van der Waals surface area (Å²) in [6, 6.07) is 10.4. The monoisotopic (exact) mass is 382 g/mol. The molecule has 0 radical (unpaired) electrons. The molecule has 0 aromatic heterocycles. The van der Waals surface area contributed by atoms with Gasteiger partial charge in [-0.05, 0) is 29.8 Å². The molecule has 0 fully saturated rings. The molecule has 0 aliphatic rings. The van der Waals surface area contributed by atoms with E-state index in [1.54, 1.807) is 24.3 Å². The van der Waals surface area contributed by atoms with Crippen LogP contribution >= 0.6 is 23.2 Å². The number of carbonyl (C=O) groups is 2. The Labute approximate surface area is 152 Å². The van der Waals surface area contributed by atoms with Gasteiger partial charge >= 0.3 is 5.97 Å². The molecule has 2 aromatic carbocycles.